The normalized spacial score (nSPS) is 17.6. The number of nitrogens with one attached hydrogen (secondary N) is 1. The molecule has 1 heterocycles. The summed E-state index contributed by atoms with van der Waals surface area (Å²) in [7, 11) is 0. The number of aliphatic hydroxyl groups is 1. The summed E-state index contributed by atoms with van der Waals surface area (Å²) in [5.74, 6) is -0.393. The van der Waals surface area contributed by atoms with Crippen molar-refractivity contribution in [2.75, 3.05) is 24.5 Å². The van der Waals surface area contributed by atoms with Crippen LogP contribution in [0.3, 0.4) is 0 Å². The number of aryl methyl sites for hydroxylation is 1. The summed E-state index contributed by atoms with van der Waals surface area (Å²) < 4.78 is 13.6. The zero-order valence-electron chi connectivity index (χ0n) is 10.5. The van der Waals surface area contributed by atoms with E-state index in [0.29, 0.717) is 24.2 Å². The van der Waals surface area contributed by atoms with Gasteiger partial charge in [0.1, 0.15) is 5.82 Å². The quantitative estimate of drug-likeness (QED) is 0.829. The Morgan fingerprint density at radius 1 is 1.50 bits per heavy atom. The number of benzene rings is 1. The molecule has 1 amide bonds. The maximum absolute atomic E-state index is 13.6. The van der Waals surface area contributed by atoms with E-state index in [4.69, 9.17) is 0 Å². The second-order valence-corrected chi connectivity index (χ2v) is 4.61. The van der Waals surface area contributed by atoms with Gasteiger partial charge < -0.3 is 15.3 Å². The molecule has 1 fully saturated rings. The molecule has 1 aliphatic heterocycles. The van der Waals surface area contributed by atoms with Gasteiger partial charge in [-0.3, -0.25) is 4.79 Å². The van der Waals surface area contributed by atoms with E-state index in [0.717, 1.165) is 5.69 Å². The second kappa shape index (κ2) is 4.94. The molecule has 5 heteroatoms. The van der Waals surface area contributed by atoms with Crippen molar-refractivity contribution in [3.63, 3.8) is 0 Å². The summed E-state index contributed by atoms with van der Waals surface area (Å²) in [4.78, 5) is 13.3. The van der Waals surface area contributed by atoms with Gasteiger partial charge in [-0.25, -0.2) is 4.39 Å². The Bertz CT molecular complexity index is 474. The van der Waals surface area contributed by atoms with Gasteiger partial charge in [-0.2, -0.15) is 0 Å². The van der Waals surface area contributed by atoms with Crippen molar-refractivity contribution in [3.8, 4) is 0 Å². The summed E-state index contributed by atoms with van der Waals surface area (Å²) in [6.45, 7) is 4.74. The summed E-state index contributed by atoms with van der Waals surface area (Å²) in [5.41, 5.74) is 1.77. The lowest BCUT2D eigenvalue weighted by Gasteiger charge is -2.31. The number of halogens is 1. The monoisotopic (exact) mass is 252 g/mol. The van der Waals surface area contributed by atoms with Crippen LogP contribution in [0.5, 0.6) is 0 Å². The molecule has 18 heavy (non-hydrogen) atoms. The average molecular weight is 252 g/mol. The molecule has 0 radical (unpaired) electrons. The Labute approximate surface area is 105 Å². The summed E-state index contributed by atoms with van der Waals surface area (Å²) in [6.07, 6.45) is -0.764. The van der Waals surface area contributed by atoms with Gasteiger partial charge in [0.15, 0.2) is 0 Å². The highest BCUT2D eigenvalue weighted by Gasteiger charge is 2.21. The van der Waals surface area contributed by atoms with Gasteiger partial charge in [0.25, 0.3) is 0 Å². The van der Waals surface area contributed by atoms with Crippen LogP contribution in [0.1, 0.15) is 24.2 Å². The van der Waals surface area contributed by atoms with E-state index < -0.39 is 6.10 Å². The zero-order chi connectivity index (χ0) is 13.3. The number of aliphatic hydroxyl groups excluding tert-OH is 1. The second-order valence-electron chi connectivity index (χ2n) is 4.61. The van der Waals surface area contributed by atoms with Gasteiger partial charge in [-0.15, -0.1) is 0 Å². The Morgan fingerprint density at radius 2 is 2.22 bits per heavy atom. The maximum Gasteiger partial charge on any atom is 0.239 e. The molecule has 0 saturated carbocycles. The van der Waals surface area contributed by atoms with Crippen LogP contribution in [-0.4, -0.2) is 30.6 Å². The number of carbonyl (C=O) groups excluding carboxylic acids is 1. The molecule has 1 saturated heterocycles. The molecule has 1 aromatic carbocycles. The molecular formula is C13H17FN2O2. The van der Waals surface area contributed by atoms with E-state index in [1.54, 1.807) is 19.9 Å². The van der Waals surface area contributed by atoms with Crippen LogP contribution in [-0.2, 0) is 4.79 Å². The van der Waals surface area contributed by atoms with Crippen LogP contribution in [0.2, 0.25) is 0 Å². The first kappa shape index (κ1) is 12.8. The largest absolute Gasteiger partial charge is 0.389 e. The van der Waals surface area contributed by atoms with Crippen molar-refractivity contribution in [2.45, 2.75) is 20.0 Å². The zero-order valence-corrected chi connectivity index (χ0v) is 10.5. The highest BCUT2D eigenvalue weighted by atomic mass is 19.1. The van der Waals surface area contributed by atoms with Crippen LogP contribution >= 0.6 is 0 Å². The predicted molar refractivity (Wildman–Crippen MR) is 67.0 cm³/mol. The third-order valence-corrected chi connectivity index (χ3v) is 3.14. The molecule has 1 aliphatic rings. The summed E-state index contributed by atoms with van der Waals surface area (Å²) >= 11 is 0. The molecule has 2 N–H and O–H groups in total. The molecule has 4 nitrogen and oxygen atoms in total. The Hall–Kier alpha value is -1.62. The molecule has 1 aromatic rings. The Kier molecular flexibility index (Phi) is 3.52. The topological polar surface area (TPSA) is 52.6 Å². The number of hydrogen-bond donors (Lipinski definition) is 2. The van der Waals surface area contributed by atoms with Gasteiger partial charge >= 0.3 is 0 Å². The molecular weight excluding hydrogens is 235 g/mol. The van der Waals surface area contributed by atoms with E-state index in [1.807, 2.05) is 4.90 Å². The SMILES string of the molecule is Cc1cc(N2CCNC(=O)C2)c([C@@H](C)O)cc1F. The van der Waals surface area contributed by atoms with Gasteiger partial charge in [0.2, 0.25) is 5.91 Å². The highest BCUT2D eigenvalue weighted by Crippen LogP contribution is 2.29. The number of piperazine rings is 1. The van der Waals surface area contributed by atoms with Crippen LogP contribution in [0.15, 0.2) is 12.1 Å². The molecule has 0 unspecified atom stereocenters. The standard InChI is InChI=1S/C13H17FN2O2/c1-8-5-12(10(9(2)17)6-11(8)14)16-4-3-15-13(18)7-16/h5-6,9,17H,3-4,7H2,1-2H3,(H,15,18)/t9-/m1/s1. The van der Waals surface area contributed by atoms with E-state index in [2.05, 4.69) is 5.32 Å². The van der Waals surface area contributed by atoms with Crippen molar-refractivity contribution in [2.24, 2.45) is 0 Å². The van der Waals surface area contributed by atoms with Crippen LogP contribution in [0.4, 0.5) is 10.1 Å². The molecule has 2 rings (SSSR count). The van der Waals surface area contributed by atoms with Crippen molar-refractivity contribution >= 4 is 11.6 Å². The fourth-order valence-corrected chi connectivity index (χ4v) is 2.13. The lowest BCUT2D eigenvalue weighted by molar-refractivity contribution is -0.120. The van der Waals surface area contributed by atoms with Gasteiger partial charge in [0.05, 0.1) is 12.6 Å². The number of hydrogen-bond acceptors (Lipinski definition) is 3. The van der Waals surface area contributed by atoms with Crippen LogP contribution < -0.4 is 10.2 Å². The molecule has 1 atom stereocenters. The number of rotatable bonds is 2. The summed E-state index contributed by atoms with van der Waals surface area (Å²) in [6, 6.07) is 3.04. The first-order valence-corrected chi connectivity index (χ1v) is 5.99. The van der Waals surface area contributed by atoms with Gasteiger partial charge in [-0.05, 0) is 31.5 Å². The minimum atomic E-state index is -0.764. The number of anilines is 1. The number of amides is 1. The van der Waals surface area contributed by atoms with Crippen molar-refractivity contribution < 1.29 is 14.3 Å². The average Bonchev–Trinajstić information content (AvgIpc) is 2.31. The number of nitrogens with zero attached hydrogens (tertiary/aromatic N) is 1. The fraction of sp³-hybridized carbons (Fsp3) is 0.462. The van der Waals surface area contributed by atoms with Crippen LogP contribution in [0.25, 0.3) is 0 Å². The first-order valence-electron chi connectivity index (χ1n) is 5.99. The first-order chi connectivity index (χ1) is 8.49. The molecule has 98 valence electrons. The minimum Gasteiger partial charge on any atom is -0.389 e. The van der Waals surface area contributed by atoms with Crippen molar-refractivity contribution in [1.29, 1.82) is 0 Å². The smallest absolute Gasteiger partial charge is 0.239 e. The number of carbonyl (C=O) groups is 1. The van der Waals surface area contributed by atoms with E-state index in [-0.39, 0.29) is 18.3 Å². The lowest BCUT2D eigenvalue weighted by Crippen LogP contribution is -2.48. The van der Waals surface area contributed by atoms with E-state index in [9.17, 15) is 14.3 Å². The Morgan fingerprint density at radius 3 is 2.83 bits per heavy atom. The van der Waals surface area contributed by atoms with E-state index >= 15 is 0 Å². The molecule has 0 aliphatic carbocycles. The highest BCUT2D eigenvalue weighted by molar-refractivity contribution is 5.83. The molecule has 0 bridgehead atoms. The predicted octanol–water partition coefficient (Wildman–Crippen LogP) is 1.12. The van der Waals surface area contributed by atoms with E-state index in [1.165, 1.54) is 6.07 Å². The van der Waals surface area contributed by atoms with Gasteiger partial charge in [-0.1, -0.05) is 0 Å². The van der Waals surface area contributed by atoms with Gasteiger partial charge in [0, 0.05) is 24.3 Å². The third kappa shape index (κ3) is 2.46. The summed E-state index contributed by atoms with van der Waals surface area (Å²) in [5, 5.41) is 12.5. The molecule has 0 aromatic heterocycles. The Balaban J connectivity index is 2.41. The molecule has 0 spiro atoms. The maximum atomic E-state index is 13.6. The third-order valence-electron chi connectivity index (χ3n) is 3.14. The minimum absolute atomic E-state index is 0.0558. The van der Waals surface area contributed by atoms with Crippen LogP contribution in [0, 0.1) is 12.7 Å². The fourth-order valence-electron chi connectivity index (χ4n) is 2.13. The van der Waals surface area contributed by atoms with Crippen molar-refractivity contribution in [1.82, 2.24) is 5.32 Å². The van der Waals surface area contributed by atoms with Crippen molar-refractivity contribution in [3.05, 3.63) is 29.1 Å². The lowest BCUT2D eigenvalue weighted by atomic mass is 10.0.